The van der Waals surface area contributed by atoms with Gasteiger partial charge in [-0.15, -0.1) is 0 Å². The van der Waals surface area contributed by atoms with Crippen LogP contribution < -0.4 is 10.1 Å². The molecule has 0 bridgehead atoms. The number of anilines is 1. The Balaban J connectivity index is 1.76. The van der Waals surface area contributed by atoms with E-state index >= 15 is 0 Å². The van der Waals surface area contributed by atoms with Crippen LogP contribution in [0.25, 0.3) is 10.9 Å². The van der Waals surface area contributed by atoms with Crippen molar-refractivity contribution in [1.82, 2.24) is 15.0 Å². The van der Waals surface area contributed by atoms with Gasteiger partial charge >= 0.3 is 0 Å². The number of alkyl halides is 2. The van der Waals surface area contributed by atoms with Crippen molar-refractivity contribution < 1.29 is 31.4 Å². The highest BCUT2D eigenvalue weighted by Crippen LogP contribution is 2.38. The molecule has 8 nitrogen and oxygen atoms in total. The maximum Gasteiger partial charge on any atom is 0.266 e. The van der Waals surface area contributed by atoms with Gasteiger partial charge in [0.15, 0.2) is 9.84 Å². The van der Waals surface area contributed by atoms with Crippen LogP contribution in [0.2, 0.25) is 0 Å². The molecule has 1 atom stereocenters. The first kappa shape index (κ1) is 24.1. The van der Waals surface area contributed by atoms with Crippen molar-refractivity contribution in [3.63, 3.8) is 0 Å². The number of methoxy groups -OCH3 is 1. The lowest BCUT2D eigenvalue weighted by Crippen LogP contribution is -2.37. The Morgan fingerprint density at radius 2 is 1.85 bits per heavy atom. The molecule has 1 saturated heterocycles. The number of halogens is 3. The van der Waals surface area contributed by atoms with Crippen molar-refractivity contribution in [2.24, 2.45) is 0 Å². The summed E-state index contributed by atoms with van der Waals surface area (Å²) in [5.74, 6) is -1.03. The van der Waals surface area contributed by atoms with E-state index in [2.05, 4.69) is 20.3 Å². The fourth-order valence-electron chi connectivity index (χ4n) is 4.02. The number of fused-ring (bicyclic) bond motifs is 1. The highest BCUT2D eigenvalue weighted by molar-refractivity contribution is 7.91. The third kappa shape index (κ3) is 4.51. The van der Waals surface area contributed by atoms with Gasteiger partial charge < -0.3 is 15.2 Å². The van der Waals surface area contributed by atoms with E-state index in [1.165, 1.54) is 31.6 Å². The minimum atomic E-state index is -3.23. The molecule has 182 valence electrons. The molecule has 2 N–H and O–H groups in total. The number of ether oxygens (including phenoxy) is 1. The van der Waals surface area contributed by atoms with E-state index in [9.17, 15) is 26.7 Å². The Morgan fingerprint density at radius 1 is 1.18 bits per heavy atom. The van der Waals surface area contributed by atoms with Gasteiger partial charge in [0.2, 0.25) is 5.88 Å². The number of pyridine rings is 1. The van der Waals surface area contributed by atoms with E-state index in [0.717, 1.165) is 6.07 Å². The Labute approximate surface area is 194 Å². The lowest BCUT2D eigenvalue weighted by atomic mass is 9.91. The van der Waals surface area contributed by atoms with Crippen LogP contribution in [0.5, 0.6) is 5.88 Å². The van der Waals surface area contributed by atoms with Crippen LogP contribution in [0.1, 0.15) is 49.1 Å². The third-order valence-electron chi connectivity index (χ3n) is 6.03. The largest absolute Gasteiger partial charge is 0.479 e. The molecule has 0 unspecified atom stereocenters. The number of hydrogen-bond acceptors (Lipinski definition) is 8. The zero-order valence-corrected chi connectivity index (χ0v) is 19.2. The molecule has 4 rings (SSSR count). The van der Waals surface area contributed by atoms with Crippen molar-refractivity contribution in [3.05, 3.63) is 53.2 Å². The van der Waals surface area contributed by atoms with Gasteiger partial charge in [0.05, 0.1) is 41.3 Å². The molecule has 0 radical (unpaired) electrons. The molecular formula is C22H23F3N4O4S. The molecule has 1 fully saturated rings. The van der Waals surface area contributed by atoms with Crippen LogP contribution in [-0.2, 0) is 15.4 Å². The molecule has 34 heavy (non-hydrogen) atoms. The number of sulfone groups is 1. The Kier molecular flexibility index (Phi) is 6.38. The molecule has 1 aliphatic rings. The van der Waals surface area contributed by atoms with Crippen LogP contribution >= 0.6 is 0 Å². The average molecular weight is 497 g/mol. The van der Waals surface area contributed by atoms with E-state index in [0.29, 0.717) is 10.9 Å². The zero-order valence-electron chi connectivity index (χ0n) is 18.4. The first-order valence-electron chi connectivity index (χ1n) is 10.5. The number of nitrogens with one attached hydrogen (secondary N) is 1. The van der Waals surface area contributed by atoms with Gasteiger partial charge in [0.25, 0.3) is 6.43 Å². The van der Waals surface area contributed by atoms with Gasteiger partial charge in [-0.1, -0.05) is 18.2 Å². The highest BCUT2D eigenvalue weighted by Gasteiger charge is 2.39. The van der Waals surface area contributed by atoms with Gasteiger partial charge in [-0.2, -0.15) is 0 Å². The minimum absolute atomic E-state index is 0.0296. The first-order chi connectivity index (χ1) is 16.0. The number of aliphatic hydroxyl groups is 1. The predicted molar refractivity (Wildman–Crippen MR) is 119 cm³/mol. The molecular weight excluding hydrogens is 473 g/mol. The number of aromatic nitrogens is 3. The lowest BCUT2D eigenvalue weighted by Gasteiger charge is -2.31. The van der Waals surface area contributed by atoms with Crippen molar-refractivity contribution in [2.45, 2.75) is 37.8 Å². The quantitative estimate of drug-likeness (QED) is 0.531. The zero-order chi connectivity index (χ0) is 24.7. The number of benzene rings is 1. The summed E-state index contributed by atoms with van der Waals surface area (Å²) in [6, 6.07) is 4.58. The monoisotopic (exact) mass is 496 g/mol. The van der Waals surface area contributed by atoms with Crippen LogP contribution in [0.4, 0.5) is 19.0 Å². The topological polar surface area (TPSA) is 114 Å². The second kappa shape index (κ2) is 8.99. The summed E-state index contributed by atoms with van der Waals surface area (Å²) in [5.41, 5.74) is -1.65. The van der Waals surface area contributed by atoms with Gasteiger partial charge in [-0.25, -0.2) is 36.5 Å². The van der Waals surface area contributed by atoms with E-state index < -0.39 is 39.3 Å². The summed E-state index contributed by atoms with van der Waals surface area (Å²) >= 11 is 0. The Hall–Kier alpha value is -2.99. The lowest BCUT2D eigenvalue weighted by molar-refractivity contribution is 0.0217. The summed E-state index contributed by atoms with van der Waals surface area (Å²) in [5, 5.41) is 14.6. The molecule has 0 spiro atoms. The summed E-state index contributed by atoms with van der Waals surface area (Å²) in [7, 11) is -1.85. The van der Waals surface area contributed by atoms with Crippen LogP contribution in [0.3, 0.4) is 0 Å². The van der Waals surface area contributed by atoms with Crippen LogP contribution in [0.15, 0.2) is 30.6 Å². The second-order valence-corrected chi connectivity index (χ2v) is 10.5. The third-order valence-corrected chi connectivity index (χ3v) is 7.68. The van der Waals surface area contributed by atoms with E-state index in [1.807, 2.05) is 0 Å². The summed E-state index contributed by atoms with van der Waals surface area (Å²) < 4.78 is 70.0. The SMILES string of the molecule is COc1nc(C2(O)CCS(=O)(=O)CC2)cc2c(N[C@H](C)c3cccc(C(F)F)c3F)ncnc12. The molecule has 1 aliphatic heterocycles. The standard InChI is InChI=1S/C22H23F3N4O4S/c1-12(13-4-3-5-14(17(13)23)19(24)25)28-20-15-10-16(22(30)6-8-34(31,32)9-7-22)29-21(33-2)18(15)26-11-27-20/h3-5,10-12,19,30H,6-9H2,1-2H3,(H,26,27,28)/t12-/m1/s1. The normalized spacial score (nSPS) is 18.1. The smallest absolute Gasteiger partial charge is 0.266 e. The molecule has 0 saturated carbocycles. The van der Waals surface area contributed by atoms with Crippen molar-refractivity contribution >= 4 is 26.6 Å². The van der Waals surface area contributed by atoms with Gasteiger partial charge in [-0.3, -0.25) is 0 Å². The van der Waals surface area contributed by atoms with E-state index in [4.69, 9.17) is 4.74 Å². The minimum Gasteiger partial charge on any atom is -0.479 e. The molecule has 3 heterocycles. The fraction of sp³-hybridized carbons (Fsp3) is 0.409. The summed E-state index contributed by atoms with van der Waals surface area (Å²) in [6.07, 6.45) is -1.77. The second-order valence-electron chi connectivity index (χ2n) is 8.24. The molecule has 12 heteroatoms. The summed E-state index contributed by atoms with van der Waals surface area (Å²) in [4.78, 5) is 12.8. The molecule has 0 aliphatic carbocycles. The predicted octanol–water partition coefficient (Wildman–Crippen LogP) is 3.68. The van der Waals surface area contributed by atoms with Gasteiger partial charge in [0.1, 0.15) is 29.1 Å². The van der Waals surface area contributed by atoms with Gasteiger partial charge in [0, 0.05) is 5.56 Å². The van der Waals surface area contributed by atoms with E-state index in [1.54, 1.807) is 6.92 Å². The van der Waals surface area contributed by atoms with Crippen molar-refractivity contribution in [1.29, 1.82) is 0 Å². The van der Waals surface area contributed by atoms with Crippen molar-refractivity contribution in [2.75, 3.05) is 23.9 Å². The first-order valence-corrected chi connectivity index (χ1v) is 12.3. The molecule has 3 aromatic rings. The van der Waals surface area contributed by atoms with E-state index in [-0.39, 0.29) is 47.3 Å². The van der Waals surface area contributed by atoms with Crippen LogP contribution in [0, 0.1) is 5.82 Å². The average Bonchev–Trinajstić information content (AvgIpc) is 2.80. The van der Waals surface area contributed by atoms with Gasteiger partial charge in [-0.05, 0) is 25.8 Å². The molecule has 2 aromatic heterocycles. The summed E-state index contributed by atoms with van der Waals surface area (Å²) in [6.45, 7) is 1.60. The number of nitrogens with zero attached hydrogens (tertiary/aromatic N) is 3. The van der Waals surface area contributed by atoms with Crippen molar-refractivity contribution in [3.8, 4) is 5.88 Å². The number of rotatable bonds is 6. The number of hydrogen-bond donors (Lipinski definition) is 2. The maximum atomic E-state index is 14.7. The fourth-order valence-corrected chi connectivity index (χ4v) is 5.52. The highest BCUT2D eigenvalue weighted by atomic mass is 32.2. The molecule has 1 aromatic carbocycles. The Bertz CT molecular complexity index is 1320. The molecule has 0 amide bonds. The van der Waals surface area contributed by atoms with Crippen LogP contribution in [-0.4, -0.2) is 47.1 Å². The Morgan fingerprint density at radius 3 is 2.50 bits per heavy atom. The maximum absolute atomic E-state index is 14.7.